The molecule has 0 aliphatic heterocycles. The number of anilines is 1. The van der Waals surface area contributed by atoms with Crippen molar-refractivity contribution in [1.82, 2.24) is 15.2 Å². The fraction of sp³-hybridized carbons (Fsp3) is 0.429. The number of aliphatic hydroxyl groups excluding tert-OH is 1. The van der Waals surface area contributed by atoms with E-state index in [2.05, 4.69) is 36.4 Å². The van der Waals surface area contributed by atoms with Gasteiger partial charge in [0.05, 0.1) is 24.9 Å². The minimum Gasteiger partial charge on any atom is -0.493 e. The quantitative estimate of drug-likeness (QED) is 0.303. The van der Waals surface area contributed by atoms with E-state index in [0.717, 1.165) is 6.42 Å². The summed E-state index contributed by atoms with van der Waals surface area (Å²) in [5.41, 5.74) is 0.760. The number of urea groups is 1. The van der Waals surface area contributed by atoms with Crippen LogP contribution in [0.25, 0.3) is 10.9 Å². The summed E-state index contributed by atoms with van der Waals surface area (Å²) in [6.45, 7) is 8.42. The lowest BCUT2D eigenvalue weighted by atomic mass is 9.92. The largest absolute Gasteiger partial charge is 0.493 e. The summed E-state index contributed by atoms with van der Waals surface area (Å²) < 4.78 is 32.1. The van der Waals surface area contributed by atoms with Gasteiger partial charge in [0.1, 0.15) is 23.9 Å². The van der Waals surface area contributed by atoms with Gasteiger partial charge in [-0.15, -0.1) is 0 Å². The molecule has 1 aromatic heterocycles. The lowest BCUT2D eigenvalue weighted by molar-refractivity contribution is 0.190. The Hall–Kier alpha value is -3.63. The molecule has 3 aromatic rings. The maximum absolute atomic E-state index is 14.7. The van der Waals surface area contributed by atoms with Crippen molar-refractivity contribution in [2.75, 3.05) is 52.3 Å². The molecule has 0 unspecified atom stereocenters. The van der Waals surface area contributed by atoms with Crippen molar-refractivity contribution in [3.63, 3.8) is 0 Å². The molecule has 0 aliphatic carbocycles. The summed E-state index contributed by atoms with van der Waals surface area (Å²) in [6, 6.07) is 8.99. The predicted octanol–water partition coefficient (Wildman–Crippen LogP) is 5.04. The summed E-state index contributed by atoms with van der Waals surface area (Å²) in [5, 5.41) is 15.0. The highest BCUT2D eigenvalue weighted by molar-refractivity contribution is 5.90. The molecule has 9 nitrogen and oxygen atoms in total. The van der Waals surface area contributed by atoms with Crippen LogP contribution in [0.15, 0.2) is 42.6 Å². The summed E-state index contributed by atoms with van der Waals surface area (Å²) in [5.74, 6) is 1.14. The number of methoxy groups -OCH3 is 1. The van der Waals surface area contributed by atoms with Gasteiger partial charge >= 0.3 is 6.03 Å². The van der Waals surface area contributed by atoms with Gasteiger partial charge in [-0.25, -0.2) is 9.18 Å². The van der Waals surface area contributed by atoms with E-state index in [1.807, 2.05) is 11.9 Å². The van der Waals surface area contributed by atoms with E-state index in [0.29, 0.717) is 54.4 Å². The Morgan fingerprint density at radius 1 is 1.11 bits per heavy atom. The monoisotopic (exact) mass is 528 g/mol. The van der Waals surface area contributed by atoms with Gasteiger partial charge in [-0.05, 0) is 43.1 Å². The van der Waals surface area contributed by atoms with Gasteiger partial charge in [0.15, 0.2) is 11.5 Å². The number of hydrogen-bond donors (Lipinski definition) is 3. The molecule has 0 saturated heterocycles. The molecular weight excluding hydrogens is 491 g/mol. The number of fused-ring (bicyclic) bond motifs is 1. The topological polar surface area (TPSA) is 105 Å². The standard InChI is InChI=1S/C28H37FN4O5/c1-28(2,3)9-11-31-27(35)32-22-7-6-19(16-21(22)29)38-24-8-10-30-23-18-26(25(36-5)17-20(23)24)37-15-13-33(4)12-14-34/h6-8,10,16-18,34H,9,11-15H2,1-5H3,(H2,31,32,35). The average Bonchev–Trinajstić information content (AvgIpc) is 2.85. The number of benzene rings is 2. The van der Waals surface area contributed by atoms with Gasteiger partial charge in [-0.3, -0.25) is 4.98 Å². The number of nitrogens with zero attached hydrogens (tertiary/aromatic N) is 2. The Balaban J connectivity index is 1.71. The van der Waals surface area contributed by atoms with E-state index < -0.39 is 11.8 Å². The molecule has 1 heterocycles. The molecule has 206 valence electrons. The van der Waals surface area contributed by atoms with Gasteiger partial charge in [0, 0.05) is 43.4 Å². The second-order valence-electron chi connectivity index (χ2n) is 10.1. The number of aliphatic hydroxyl groups is 1. The molecule has 0 bridgehead atoms. The van der Waals surface area contributed by atoms with E-state index in [1.54, 1.807) is 37.6 Å². The summed E-state index contributed by atoms with van der Waals surface area (Å²) >= 11 is 0. The number of rotatable bonds is 12. The number of nitrogens with one attached hydrogen (secondary N) is 2. The van der Waals surface area contributed by atoms with Crippen LogP contribution in [0.1, 0.15) is 27.2 Å². The van der Waals surface area contributed by atoms with E-state index in [1.165, 1.54) is 12.1 Å². The first-order chi connectivity index (χ1) is 18.1. The first-order valence-corrected chi connectivity index (χ1v) is 12.5. The van der Waals surface area contributed by atoms with Crippen molar-refractivity contribution in [3.05, 3.63) is 48.4 Å². The lowest BCUT2D eigenvalue weighted by Gasteiger charge is -2.18. The number of ether oxygens (including phenoxy) is 3. The third-order valence-electron chi connectivity index (χ3n) is 5.78. The maximum Gasteiger partial charge on any atom is 0.319 e. The lowest BCUT2D eigenvalue weighted by Crippen LogP contribution is -2.31. The van der Waals surface area contributed by atoms with Crippen molar-refractivity contribution < 1.29 is 28.5 Å². The van der Waals surface area contributed by atoms with Crippen LogP contribution in [0.2, 0.25) is 0 Å². The second kappa shape index (κ2) is 13.3. The van der Waals surface area contributed by atoms with Crippen LogP contribution >= 0.6 is 0 Å². The minimum atomic E-state index is -0.619. The highest BCUT2D eigenvalue weighted by atomic mass is 19.1. The first-order valence-electron chi connectivity index (χ1n) is 12.5. The molecule has 38 heavy (non-hydrogen) atoms. The summed E-state index contributed by atoms with van der Waals surface area (Å²) in [4.78, 5) is 18.5. The van der Waals surface area contributed by atoms with E-state index in [4.69, 9.17) is 19.3 Å². The van der Waals surface area contributed by atoms with Crippen molar-refractivity contribution in [2.45, 2.75) is 27.2 Å². The van der Waals surface area contributed by atoms with Gasteiger partial charge in [-0.1, -0.05) is 20.8 Å². The Kier molecular flexibility index (Phi) is 10.1. The molecule has 0 fully saturated rings. The number of carbonyl (C=O) groups is 1. The van der Waals surface area contributed by atoms with Crippen molar-refractivity contribution >= 4 is 22.6 Å². The molecule has 0 spiro atoms. The Bertz CT molecular complexity index is 1230. The zero-order valence-electron chi connectivity index (χ0n) is 22.6. The molecule has 0 aliphatic rings. The van der Waals surface area contributed by atoms with Crippen molar-refractivity contribution in [1.29, 1.82) is 0 Å². The van der Waals surface area contributed by atoms with Crippen LogP contribution in [-0.2, 0) is 0 Å². The molecular formula is C28H37FN4O5. The van der Waals surface area contributed by atoms with Gasteiger partial charge in [0.25, 0.3) is 0 Å². The van der Waals surface area contributed by atoms with Crippen LogP contribution in [0.5, 0.6) is 23.0 Å². The Morgan fingerprint density at radius 2 is 1.89 bits per heavy atom. The number of halogens is 1. The zero-order chi connectivity index (χ0) is 27.7. The first kappa shape index (κ1) is 28.9. The molecule has 2 aromatic carbocycles. The molecule has 0 atom stereocenters. The van der Waals surface area contributed by atoms with Crippen molar-refractivity contribution in [2.24, 2.45) is 5.41 Å². The molecule has 0 radical (unpaired) electrons. The van der Waals surface area contributed by atoms with Gasteiger partial charge in [0.2, 0.25) is 0 Å². The summed E-state index contributed by atoms with van der Waals surface area (Å²) in [6.07, 6.45) is 2.40. The number of pyridine rings is 1. The summed E-state index contributed by atoms with van der Waals surface area (Å²) in [7, 11) is 3.44. The second-order valence-corrected chi connectivity index (χ2v) is 10.1. The van der Waals surface area contributed by atoms with Gasteiger partial charge < -0.3 is 34.9 Å². The van der Waals surface area contributed by atoms with Crippen molar-refractivity contribution in [3.8, 4) is 23.0 Å². The Labute approximate surface area is 222 Å². The SMILES string of the molecule is COc1cc2c(Oc3ccc(NC(=O)NCCC(C)(C)C)c(F)c3)ccnc2cc1OCCN(C)CCO. The van der Waals surface area contributed by atoms with Crippen LogP contribution < -0.4 is 24.8 Å². The van der Waals surface area contributed by atoms with Crippen LogP contribution in [0.4, 0.5) is 14.9 Å². The van der Waals surface area contributed by atoms with E-state index >= 15 is 0 Å². The smallest absolute Gasteiger partial charge is 0.319 e. The molecule has 10 heteroatoms. The van der Waals surface area contributed by atoms with Crippen LogP contribution in [0.3, 0.4) is 0 Å². The average molecular weight is 529 g/mol. The highest BCUT2D eigenvalue weighted by Crippen LogP contribution is 2.37. The van der Waals surface area contributed by atoms with E-state index in [9.17, 15) is 9.18 Å². The van der Waals surface area contributed by atoms with E-state index in [-0.39, 0.29) is 23.5 Å². The van der Waals surface area contributed by atoms with Gasteiger partial charge in [-0.2, -0.15) is 0 Å². The fourth-order valence-electron chi connectivity index (χ4n) is 3.59. The number of carbonyl (C=O) groups excluding carboxylic acids is 1. The highest BCUT2D eigenvalue weighted by Gasteiger charge is 2.15. The Morgan fingerprint density at radius 3 is 2.58 bits per heavy atom. The third-order valence-corrected chi connectivity index (χ3v) is 5.78. The predicted molar refractivity (Wildman–Crippen MR) is 146 cm³/mol. The number of aromatic nitrogens is 1. The number of likely N-dealkylation sites (N-methyl/N-ethyl adjacent to an activating group) is 1. The minimum absolute atomic E-state index is 0.0540. The van der Waals surface area contributed by atoms with Crippen LogP contribution in [0, 0.1) is 11.2 Å². The van der Waals surface area contributed by atoms with Crippen LogP contribution in [-0.4, -0.2) is 68.0 Å². The molecule has 3 rings (SSSR count). The fourth-order valence-corrected chi connectivity index (χ4v) is 3.59. The zero-order valence-corrected chi connectivity index (χ0v) is 22.6. The molecule has 0 saturated carbocycles. The third kappa shape index (κ3) is 8.46. The number of amides is 2. The molecule has 3 N–H and O–H groups in total. The normalized spacial score (nSPS) is 11.5. The number of hydrogen-bond acceptors (Lipinski definition) is 7. The molecule has 2 amide bonds. The maximum atomic E-state index is 14.7.